The second-order valence-corrected chi connectivity index (χ2v) is 7.53. The van der Waals surface area contributed by atoms with Gasteiger partial charge in [0.25, 0.3) is 0 Å². The molecule has 1 aromatic rings. The molecule has 5 nitrogen and oxygen atoms in total. The van der Waals surface area contributed by atoms with Crippen molar-refractivity contribution in [2.24, 2.45) is 5.92 Å². The second-order valence-electron chi connectivity index (χ2n) is 7.53. The second kappa shape index (κ2) is 7.19. The Morgan fingerprint density at radius 1 is 1.42 bits per heavy atom. The molecular weight excluding hydrogens is 300 g/mol. The van der Waals surface area contributed by atoms with Crippen LogP contribution in [0.25, 0.3) is 0 Å². The summed E-state index contributed by atoms with van der Waals surface area (Å²) in [6, 6.07) is 4.32. The fraction of sp³-hybridized carbons (Fsp3) is 0.684. The average Bonchev–Trinajstić information content (AvgIpc) is 3.30. The normalized spacial score (nSPS) is 24.5. The number of aryl methyl sites for hydroxylation is 1. The molecule has 0 aromatic carbocycles. The summed E-state index contributed by atoms with van der Waals surface area (Å²) in [6.07, 6.45) is 7.54. The van der Waals surface area contributed by atoms with Gasteiger partial charge in [-0.15, -0.1) is 0 Å². The van der Waals surface area contributed by atoms with Crippen molar-refractivity contribution in [3.05, 3.63) is 23.9 Å². The third kappa shape index (κ3) is 3.95. The first kappa shape index (κ1) is 17.4. The number of rotatable bonds is 8. The molecule has 0 saturated heterocycles. The summed E-state index contributed by atoms with van der Waals surface area (Å²) < 4.78 is 0. The van der Waals surface area contributed by atoms with Crippen molar-refractivity contribution >= 4 is 11.7 Å². The molecule has 2 aliphatic carbocycles. The van der Waals surface area contributed by atoms with Gasteiger partial charge in [0.15, 0.2) is 0 Å². The van der Waals surface area contributed by atoms with Gasteiger partial charge in [0.05, 0.1) is 0 Å². The summed E-state index contributed by atoms with van der Waals surface area (Å²) in [7, 11) is 2.24. The quantitative estimate of drug-likeness (QED) is 0.769. The van der Waals surface area contributed by atoms with Crippen LogP contribution in [0, 0.1) is 12.8 Å². The number of nitrogens with zero attached hydrogens (tertiary/aromatic N) is 2. The van der Waals surface area contributed by atoms with Crippen LogP contribution in [0.1, 0.15) is 44.6 Å². The third-order valence-corrected chi connectivity index (χ3v) is 5.85. The molecule has 24 heavy (non-hydrogen) atoms. The zero-order valence-electron chi connectivity index (χ0n) is 15.1. The van der Waals surface area contributed by atoms with Crippen molar-refractivity contribution in [2.45, 2.75) is 57.5 Å². The van der Waals surface area contributed by atoms with Crippen LogP contribution in [0.3, 0.4) is 0 Å². The van der Waals surface area contributed by atoms with Crippen LogP contribution in [0.5, 0.6) is 0 Å². The van der Waals surface area contributed by atoms with E-state index in [0.717, 1.165) is 31.5 Å². The Morgan fingerprint density at radius 3 is 2.79 bits per heavy atom. The average molecular weight is 330 g/mol. The Morgan fingerprint density at radius 2 is 2.17 bits per heavy atom. The largest absolute Gasteiger partial charge is 0.313 e. The lowest BCUT2D eigenvalue weighted by Gasteiger charge is -2.36. The van der Waals surface area contributed by atoms with E-state index >= 15 is 0 Å². The molecule has 2 aliphatic rings. The smallest absolute Gasteiger partial charge is 0.228 e. The standard InChI is InChI=1S/C19H30N4O/c1-4-19(6-7-19)23(3)10-9-20-16-12-15(13-16)18(24)22-17-11-14(2)5-8-21-17/h5,8,11,15-16,20H,4,6-7,9-10,12-13H2,1-3H3,(H,21,22,24). The molecule has 3 rings (SSSR count). The number of carbonyl (C=O) groups excluding carboxylic acids is 1. The maximum absolute atomic E-state index is 12.2. The number of pyridine rings is 1. The molecule has 5 heteroatoms. The summed E-state index contributed by atoms with van der Waals surface area (Å²) in [5.41, 5.74) is 1.60. The molecule has 0 spiro atoms. The number of anilines is 1. The Bertz CT molecular complexity index is 578. The zero-order chi connectivity index (χ0) is 17.2. The van der Waals surface area contributed by atoms with Crippen LogP contribution in [-0.2, 0) is 4.79 Å². The number of amides is 1. The first-order chi connectivity index (χ1) is 11.5. The summed E-state index contributed by atoms with van der Waals surface area (Å²) in [5.74, 6) is 0.881. The minimum atomic E-state index is 0.103. The molecule has 2 fully saturated rings. The van der Waals surface area contributed by atoms with E-state index in [1.165, 1.54) is 19.3 Å². The maximum Gasteiger partial charge on any atom is 0.228 e. The molecule has 2 N–H and O–H groups in total. The van der Waals surface area contributed by atoms with Gasteiger partial charge in [0.1, 0.15) is 5.82 Å². The van der Waals surface area contributed by atoms with Crippen molar-refractivity contribution in [1.29, 1.82) is 0 Å². The monoisotopic (exact) mass is 330 g/mol. The van der Waals surface area contributed by atoms with Crippen LogP contribution < -0.4 is 10.6 Å². The Kier molecular flexibility index (Phi) is 5.21. The van der Waals surface area contributed by atoms with Gasteiger partial charge in [-0.1, -0.05) is 6.92 Å². The molecule has 2 saturated carbocycles. The molecule has 0 unspecified atom stereocenters. The lowest BCUT2D eigenvalue weighted by molar-refractivity contribution is -0.122. The molecule has 1 heterocycles. The van der Waals surface area contributed by atoms with Crippen molar-refractivity contribution in [3.63, 3.8) is 0 Å². The molecule has 0 radical (unpaired) electrons. The number of carbonyl (C=O) groups is 1. The van der Waals surface area contributed by atoms with Crippen LogP contribution in [0.2, 0.25) is 0 Å². The van der Waals surface area contributed by atoms with E-state index in [9.17, 15) is 4.79 Å². The zero-order valence-corrected chi connectivity index (χ0v) is 15.1. The summed E-state index contributed by atoms with van der Waals surface area (Å²) in [6.45, 7) is 6.39. The molecule has 1 amide bonds. The van der Waals surface area contributed by atoms with Crippen molar-refractivity contribution in [2.75, 3.05) is 25.5 Å². The van der Waals surface area contributed by atoms with E-state index in [4.69, 9.17) is 0 Å². The van der Waals surface area contributed by atoms with Gasteiger partial charge < -0.3 is 10.6 Å². The van der Waals surface area contributed by atoms with Crippen molar-refractivity contribution < 1.29 is 4.79 Å². The SMILES string of the molecule is CCC1(N(C)CCNC2CC(C(=O)Nc3cc(C)ccn3)C2)CC1. The van der Waals surface area contributed by atoms with Gasteiger partial charge in [-0.2, -0.15) is 0 Å². The van der Waals surface area contributed by atoms with E-state index in [0.29, 0.717) is 17.4 Å². The predicted octanol–water partition coefficient (Wildman–Crippen LogP) is 2.57. The van der Waals surface area contributed by atoms with Crippen LogP contribution in [0.15, 0.2) is 18.3 Å². The summed E-state index contributed by atoms with van der Waals surface area (Å²) in [4.78, 5) is 18.9. The van der Waals surface area contributed by atoms with Crippen molar-refractivity contribution in [3.8, 4) is 0 Å². The van der Waals surface area contributed by atoms with Crippen LogP contribution in [0.4, 0.5) is 5.82 Å². The van der Waals surface area contributed by atoms with Gasteiger partial charge in [-0.25, -0.2) is 4.98 Å². The van der Waals surface area contributed by atoms with E-state index in [1.807, 2.05) is 19.1 Å². The van der Waals surface area contributed by atoms with Gasteiger partial charge in [-0.3, -0.25) is 9.69 Å². The van der Waals surface area contributed by atoms with E-state index in [2.05, 4.69) is 34.5 Å². The Labute approximate surface area is 145 Å². The highest BCUT2D eigenvalue weighted by Gasteiger charge is 2.44. The molecule has 0 bridgehead atoms. The highest BCUT2D eigenvalue weighted by atomic mass is 16.2. The van der Waals surface area contributed by atoms with Gasteiger partial charge in [0.2, 0.25) is 5.91 Å². The highest BCUT2D eigenvalue weighted by molar-refractivity contribution is 5.92. The number of nitrogens with one attached hydrogen (secondary N) is 2. The topological polar surface area (TPSA) is 57.3 Å². The van der Waals surface area contributed by atoms with Gasteiger partial charge >= 0.3 is 0 Å². The fourth-order valence-corrected chi connectivity index (χ4v) is 3.65. The first-order valence-electron chi connectivity index (χ1n) is 9.20. The van der Waals surface area contributed by atoms with Crippen molar-refractivity contribution in [1.82, 2.24) is 15.2 Å². The lowest BCUT2D eigenvalue weighted by atomic mass is 9.79. The lowest BCUT2D eigenvalue weighted by Crippen LogP contribution is -2.48. The minimum absolute atomic E-state index is 0.103. The minimum Gasteiger partial charge on any atom is -0.313 e. The maximum atomic E-state index is 12.2. The number of hydrogen-bond donors (Lipinski definition) is 2. The Hall–Kier alpha value is -1.46. The van der Waals surface area contributed by atoms with Crippen LogP contribution in [-0.4, -0.2) is 47.5 Å². The molecule has 132 valence electrons. The van der Waals surface area contributed by atoms with E-state index in [1.54, 1.807) is 6.20 Å². The predicted molar refractivity (Wildman–Crippen MR) is 97.0 cm³/mol. The summed E-state index contributed by atoms with van der Waals surface area (Å²) in [5, 5.41) is 6.52. The number of aromatic nitrogens is 1. The molecule has 0 aliphatic heterocycles. The molecular formula is C19H30N4O. The molecule has 1 aromatic heterocycles. The highest BCUT2D eigenvalue weighted by Crippen LogP contribution is 2.43. The first-order valence-corrected chi connectivity index (χ1v) is 9.20. The number of hydrogen-bond acceptors (Lipinski definition) is 4. The fourth-order valence-electron chi connectivity index (χ4n) is 3.65. The van der Waals surface area contributed by atoms with E-state index in [-0.39, 0.29) is 11.8 Å². The van der Waals surface area contributed by atoms with Gasteiger partial charge in [0, 0.05) is 36.8 Å². The molecule has 0 atom stereocenters. The third-order valence-electron chi connectivity index (χ3n) is 5.85. The van der Waals surface area contributed by atoms with E-state index < -0.39 is 0 Å². The summed E-state index contributed by atoms with van der Waals surface area (Å²) >= 11 is 0. The van der Waals surface area contributed by atoms with Crippen LogP contribution >= 0.6 is 0 Å². The van der Waals surface area contributed by atoms with Gasteiger partial charge in [-0.05, 0) is 63.8 Å². The number of likely N-dealkylation sites (N-methyl/N-ethyl adjacent to an activating group) is 1. The Balaban J connectivity index is 1.33.